The first-order valence-corrected chi connectivity index (χ1v) is 10.2. The normalized spacial score (nSPS) is 11.3. The number of aryl methyl sites for hydroxylation is 3. The lowest BCUT2D eigenvalue weighted by Crippen LogP contribution is -2.25. The van der Waals surface area contributed by atoms with Crippen LogP contribution in [0.2, 0.25) is 0 Å². The molecule has 0 saturated carbocycles. The molecule has 160 valence electrons. The molecule has 0 bridgehead atoms. The summed E-state index contributed by atoms with van der Waals surface area (Å²) in [5.74, 6) is -0.105. The van der Waals surface area contributed by atoms with Gasteiger partial charge in [0.15, 0.2) is 0 Å². The molecular weight excluding hydrogens is 386 g/mol. The molecule has 7 heteroatoms. The number of carboxylic acid groups (broad SMARTS) is 1. The van der Waals surface area contributed by atoms with Crippen molar-refractivity contribution in [3.63, 3.8) is 0 Å². The molecule has 0 spiro atoms. The lowest BCUT2D eigenvalue weighted by atomic mass is 10.0. The number of fused-ring (bicyclic) bond motifs is 2. The average Bonchev–Trinajstić information content (AvgIpc) is 2.96. The number of aliphatic carboxylic acids is 1. The van der Waals surface area contributed by atoms with Crippen LogP contribution < -0.4 is 10.9 Å². The van der Waals surface area contributed by atoms with E-state index >= 15 is 0 Å². The maximum Gasteiger partial charge on any atom is 0.339 e. The summed E-state index contributed by atoms with van der Waals surface area (Å²) >= 11 is 0. The molecule has 0 aliphatic rings. The highest BCUT2D eigenvalue weighted by Crippen LogP contribution is 2.31. The van der Waals surface area contributed by atoms with Gasteiger partial charge in [0.2, 0.25) is 5.91 Å². The van der Waals surface area contributed by atoms with Crippen LogP contribution in [-0.2, 0) is 16.0 Å². The molecule has 30 heavy (non-hydrogen) atoms. The van der Waals surface area contributed by atoms with Crippen LogP contribution in [0.4, 0.5) is 0 Å². The van der Waals surface area contributed by atoms with Gasteiger partial charge < -0.3 is 19.3 Å². The van der Waals surface area contributed by atoms with Gasteiger partial charge in [-0.1, -0.05) is 6.42 Å². The lowest BCUT2D eigenvalue weighted by molar-refractivity contribution is -0.137. The van der Waals surface area contributed by atoms with E-state index in [2.05, 4.69) is 5.32 Å². The molecule has 2 aromatic heterocycles. The number of hydrogen-bond acceptors (Lipinski definition) is 5. The van der Waals surface area contributed by atoms with Gasteiger partial charge in [-0.25, -0.2) is 4.79 Å². The number of benzene rings is 1. The molecule has 0 saturated heterocycles. The fourth-order valence-corrected chi connectivity index (χ4v) is 3.65. The van der Waals surface area contributed by atoms with Crippen LogP contribution in [0.15, 0.2) is 25.8 Å². The van der Waals surface area contributed by atoms with Gasteiger partial charge in [-0.15, -0.1) is 0 Å². The third-order valence-corrected chi connectivity index (χ3v) is 5.57. The van der Waals surface area contributed by atoms with E-state index in [1.807, 2.05) is 26.8 Å². The van der Waals surface area contributed by atoms with Crippen LogP contribution in [0, 0.1) is 20.8 Å². The topological polar surface area (TPSA) is 110 Å². The number of furan rings is 1. The summed E-state index contributed by atoms with van der Waals surface area (Å²) in [7, 11) is 0. The molecule has 0 unspecified atom stereocenters. The molecule has 2 N–H and O–H groups in total. The zero-order valence-corrected chi connectivity index (χ0v) is 17.6. The molecule has 2 heterocycles. The van der Waals surface area contributed by atoms with Crippen molar-refractivity contribution in [2.24, 2.45) is 0 Å². The van der Waals surface area contributed by atoms with E-state index < -0.39 is 11.6 Å². The second-order valence-corrected chi connectivity index (χ2v) is 7.68. The quantitative estimate of drug-likeness (QED) is 0.403. The predicted octanol–water partition coefficient (Wildman–Crippen LogP) is 4.16. The highest BCUT2D eigenvalue weighted by molar-refractivity contribution is 5.96. The summed E-state index contributed by atoms with van der Waals surface area (Å²) in [5, 5.41) is 13.3. The number of carbonyl (C=O) groups excluding carboxylic acids is 1. The minimum absolute atomic E-state index is 0.135. The first kappa shape index (κ1) is 21.6. The highest BCUT2D eigenvalue weighted by Gasteiger charge is 2.16. The summed E-state index contributed by atoms with van der Waals surface area (Å²) < 4.78 is 11.2. The minimum atomic E-state index is -0.803. The van der Waals surface area contributed by atoms with Crippen LogP contribution in [0.25, 0.3) is 21.9 Å². The van der Waals surface area contributed by atoms with Gasteiger partial charge in [-0.3, -0.25) is 9.59 Å². The molecule has 0 fully saturated rings. The molecule has 0 radical (unpaired) electrons. The monoisotopic (exact) mass is 413 g/mol. The Morgan fingerprint density at radius 3 is 2.37 bits per heavy atom. The molecule has 3 aromatic rings. The van der Waals surface area contributed by atoms with Gasteiger partial charge in [0.05, 0.1) is 0 Å². The van der Waals surface area contributed by atoms with Crippen LogP contribution in [0.5, 0.6) is 0 Å². The van der Waals surface area contributed by atoms with E-state index in [1.165, 1.54) is 0 Å². The van der Waals surface area contributed by atoms with Gasteiger partial charge in [-0.05, 0) is 57.2 Å². The van der Waals surface area contributed by atoms with Crippen molar-refractivity contribution < 1.29 is 23.5 Å². The second kappa shape index (κ2) is 9.15. The first-order chi connectivity index (χ1) is 14.3. The van der Waals surface area contributed by atoms with E-state index in [0.717, 1.165) is 40.5 Å². The number of amides is 1. The van der Waals surface area contributed by atoms with Gasteiger partial charge in [0.1, 0.15) is 16.9 Å². The van der Waals surface area contributed by atoms with Crippen molar-refractivity contribution in [3.8, 4) is 0 Å². The van der Waals surface area contributed by atoms with Crippen LogP contribution in [-0.4, -0.2) is 23.5 Å². The Morgan fingerprint density at radius 2 is 1.63 bits per heavy atom. The molecule has 0 atom stereocenters. The van der Waals surface area contributed by atoms with Gasteiger partial charge >= 0.3 is 11.6 Å². The molecular formula is C23H27NO6. The highest BCUT2D eigenvalue weighted by atomic mass is 16.4. The summed E-state index contributed by atoms with van der Waals surface area (Å²) in [5.41, 5.74) is 3.13. The SMILES string of the molecule is Cc1oc2cc3oc(=O)c(CCC(=O)NCCCCCC(=O)O)c(C)c3cc2c1C. The van der Waals surface area contributed by atoms with Crippen molar-refractivity contribution in [1.29, 1.82) is 0 Å². The average molecular weight is 413 g/mol. The Balaban J connectivity index is 1.66. The van der Waals surface area contributed by atoms with Crippen LogP contribution in [0.1, 0.15) is 54.6 Å². The summed E-state index contributed by atoms with van der Waals surface area (Å²) in [4.78, 5) is 35.1. The van der Waals surface area contributed by atoms with Gasteiger partial charge in [-0.2, -0.15) is 0 Å². The van der Waals surface area contributed by atoms with Crippen molar-refractivity contribution in [2.75, 3.05) is 6.54 Å². The van der Waals surface area contributed by atoms with Crippen molar-refractivity contribution in [3.05, 3.63) is 45.0 Å². The smallest absolute Gasteiger partial charge is 0.339 e. The summed E-state index contributed by atoms with van der Waals surface area (Å²) in [6.45, 7) is 6.28. The lowest BCUT2D eigenvalue weighted by Gasteiger charge is -2.09. The Morgan fingerprint density at radius 1 is 0.933 bits per heavy atom. The summed E-state index contributed by atoms with van der Waals surface area (Å²) in [6, 6.07) is 3.73. The number of unbranched alkanes of at least 4 members (excludes halogenated alkanes) is 2. The number of nitrogens with one attached hydrogen (secondary N) is 1. The van der Waals surface area contributed by atoms with E-state index in [-0.39, 0.29) is 18.7 Å². The van der Waals surface area contributed by atoms with Crippen molar-refractivity contribution in [1.82, 2.24) is 5.32 Å². The van der Waals surface area contributed by atoms with Crippen LogP contribution in [0.3, 0.4) is 0 Å². The third-order valence-electron chi connectivity index (χ3n) is 5.57. The zero-order chi connectivity index (χ0) is 21.8. The number of rotatable bonds is 9. The predicted molar refractivity (Wildman–Crippen MR) is 114 cm³/mol. The van der Waals surface area contributed by atoms with Crippen LogP contribution >= 0.6 is 0 Å². The summed E-state index contributed by atoms with van der Waals surface area (Å²) in [6.07, 6.45) is 2.73. The maximum absolute atomic E-state index is 12.5. The standard InChI is InChI=1S/C23H27NO6/c1-13-15(3)29-19-12-20-18(11-17(13)19)14(2)16(23(28)30-20)8-9-21(25)24-10-6-4-5-7-22(26)27/h11-12H,4-10H2,1-3H3,(H,24,25)(H,26,27). The molecule has 1 aromatic carbocycles. The fraction of sp³-hybridized carbons (Fsp3) is 0.435. The third kappa shape index (κ3) is 4.72. The van der Waals surface area contributed by atoms with E-state index in [4.69, 9.17) is 13.9 Å². The Bertz CT molecular complexity index is 1150. The largest absolute Gasteiger partial charge is 0.481 e. The van der Waals surface area contributed by atoms with Gasteiger partial charge in [0.25, 0.3) is 0 Å². The minimum Gasteiger partial charge on any atom is -0.481 e. The Kier molecular flexibility index (Phi) is 6.59. The molecule has 0 aliphatic carbocycles. The molecule has 1 amide bonds. The van der Waals surface area contributed by atoms with E-state index in [0.29, 0.717) is 36.1 Å². The molecule has 3 rings (SSSR count). The zero-order valence-electron chi connectivity index (χ0n) is 17.6. The molecule has 7 nitrogen and oxygen atoms in total. The van der Waals surface area contributed by atoms with Crippen molar-refractivity contribution >= 4 is 33.8 Å². The van der Waals surface area contributed by atoms with E-state index in [9.17, 15) is 14.4 Å². The fourth-order valence-electron chi connectivity index (χ4n) is 3.65. The Hall–Kier alpha value is -3.09. The number of carboxylic acids is 1. The number of hydrogen-bond donors (Lipinski definition) is 2. The second-order valence-electron chi connectivity index (χ2n) is 7.68. The van der Waals surface area contributed by atoms with Gasteiger partial charge in [0, 0.05) is 41.8 Å². The molecule has 0 aliphatic heterocycles. The Labute approximate surface area is 174 Å². The number of carbonyl (C=O) groups is 2. The van der Waals surface area contributed by atoms with Crippen molar-refractivity contribution in [2.45, 2.75) is 59.3 Å². The van der Waals surface area contributed by atoms with E-state index in [1.54, 1.807) is 6.07 Å². The maximum atomic E-state index is 12.5. The first-order valence-electron chi connectivity index (χ1n) is 10.2.